The first-order valence-electron chi connectivity index (χ1n) is 9.57. The molecule has 0 atom stereocenters. The smallest absolute Gasteiger partial charge is 0.352 e. The average Bonchev–Trinajstić information content (AvgIpc) is 3.15. The summed E-state index contributed by atoms with van der Waals surface area (Å²) in [6, 6.07) is 13.7. The van der Waals surface area contributed by atoms with Crippen LogP contribution in [0.4, 0.5) is 14.5 Å². The zero-order valence-corrected chi connectivity index (χ0v) is 16.2. The van der Waals surface area contributed by atoms with Gasteiger partial charge in [-0.3, -0.25) is 9.59 Å². The van der Waals surface area contributed by atoms with Crippen molar-refractivity contribution < 1.29 is 23.5 Å². The molecule has 154 valence electrons. The van der Waals surface area contributed by atoms with Crippen LogP contribution in [0.25, 0.3) is 0 Å². The molecule has 2 aromatic carbocycles. The van der Waals surface area contributed by atoms with Gasteiger partial charge in [-0.15, -0.1) is 0 Å². The number of carbonyl (C=O) groups is 2. The minimum atomic E-state index is -3.85. The fraction of sp³-hybridized carbons (Fsp3) is 0.364. The molecule has 7 heteroatoms. The van der Waals surface area contributed by atoms with Crippen LogP contribution in [0, 0.1) is 6.92 Å². The molecule has 29 heavy (non-hydrogen) atoms. The quantitative estimate of drug-likeness (QED) is 0.688. The maximum Gasteiger partial charge on any atom is 0.352 e. The van der Waals surface area contributed by atoms with Gasteiger partial charge in [0.2, 0.25) is 0 Å². The van der Waals surface area contributed by atoms with Crippen molar-refractivity contribution in [1.82, 2.24) is 5.32 Å². The molecule has 0 unspecified atom stereocenters. The molecule has 1 aliphatic carbocycles. The Balaban J connectivity index is 1.61. The van der Waals surface area contributed by atoms with Crippen LogP contribution in [-0.4, -0.2) is 28.4 Å². The largest absolute Gasteiger partial charge is 0.383 e. The predicted molar refractivity (Wildman–Crippen MR) is 106 cm³/mol. The van der Waals surface area contributed by atoms with Gasteiger partial charge in [-0.1, -0.05) is 42.7 Å². The highest BCUT2D eigenvalue weighted by Gasteiger charge is 2.58. The van der Waals surface area contributed by atoms with Gasteiger partial charge in [-0.25, -0.2) is 0 Å². The van der Waals surface area contributed by atoms with Crippen LogP contribution in [0.5, 0.6) is 0 Å². The maximum atomic E-state index is 14.4. The van der Waals surface area contributed by atoms with E-state index in [1.165, 1.54) is 0 Å². The second-order valence-electron chi connectivity index (χ2n) is 7.52. The van der Waals surface area contributed by atoms with Gasteiger partial charge in [0.1, 0.15) is 5.60 Å². The molecule has 0 saturated heterocycles. The first-order chi connectivity index (χ1) is 13.7. The molecule has 0 heterocycles. The van der Waals surface area contributed by atoms with E-state index in [4.69, 9.17) is 0 Å². The lowest BCUT2D eigenvalue weighted by atomic mass is 9.93. The molecule has 1 fully saturated rings. The number of rotatable bonds is 6. The second-order valence-corrected chi connectivity index (χ2v) is 7.52. The van der Waals surface area contributed by atoms with Crippen molar-refractivity contribution in [1.29, 1.82) is 0 Å². The highest BCUT2D eigenvalue weighted by Crippen LogP contribution is 2.42. The van der Waals surface area contributed by atoms with Gasteiger partial charge in [0.25, 0.3) is 11.8 Å². The molecule has 0 aromatic heterocycles. The highest BCUT2D eigenvalue weighted by atomic mass is 19.3. The Kier molecular flexibility index (Phi) is 5.98. The molecule has 2 aromatic rings. The zero-order chi connectivity index (χ0) is 21.1. The number of aliphatic hydroxyl groups is 1. The Labute approximate surface area is 168 Å². The normalized spacial score (nSPS) is 15.7. The number of hydrogen-bond donors (Lipinski definition) is 3. The zero-order valence-electron chi connectivity index (χ0n) is 16.2. The van der Waals surface area contributed by atoms with Crippen molar-refractivity contribution in [3.05, 3.63) is 65.2 Å². The van der Waals surface area contributed by atoms with Crippen molar-refractivity contribution >= 4 is 17.5 Å². The van der Waals surface area contributed by atoms with Gasteiger partial charge < -0.3 is 15.7 Å². The number of anilines is 1. The number of carbonyl (C=O) groups excluding carboxylic acids is 2. The van der Waals surface area contributed by atoms with Gasteiger partial charge in [0.05, 0.1) is 0 Å². The first kappa shape index (κ1) is 20.9. The Bertz CT molecular complexity index is 891. The van der Waals surface area contributed by atoms with Crippen molar-refractivity contribution in [2.45, 2.75) is 50.7 Å². The van der Waals surface area contributed by atoms with Gasteiger partial charge >= 0.3 is 5.92 Å². The van der Waals surface area contributed by atoms with Crippen LogP contribution in [-0.2, 0) is 11.3 Å². The molecule has 2 amide bonds. The van der Waals surface area contributed by atoms with E-state index < -0.39 is 17.4 Å². The summed E-state index contributed by atoms with van der Waals surface area (Å²) in [5, 5.41) is 15.0. The highest BCUT2D eigenvalue weighted by molar-refractivity contribution is 6.04. The molecular formula is C22H24F2N2O3. The average molecular weight is 402 g/mol. The number of hydrogen-bond acceptors (Lipinski definition) is 3. The lowest BCUT2D eigenvalue weighted by molar-refractivity contribution is -0.191. The van der Waals surface area contributed by atoms with E-state index >= 15 is 0 Å². The summed E-state index contributed by atoms with van der Waals surface area (Å²) in [5.41, 5.74) is 0.302. The first-order valence-corrected chi connectivity index (χ1v) is 9.57. The minimum Gasteiger partial charge on any atom is -0.383 e. The van der Waals surface area contributed by atoms with Crippen molar-refractivity contribution in [2.75, 3.05) is 5.32 Å². The SMILES string of the molecule is Cc1ccc(C(=O)Nc2cccc(CNC(=O)C(F)(F)C3(O)CCCC3)c2)cc1. The van der Waals surface area contributed by atoms with Gasteiger partial charge in [0.15, 0.2) is 0 Å². The van der Waals surface area contributed by atoms with E-state index in [1.807, 2.05) is 19.1 Å². The van der Waals surface area contributed by atoms with Crippen molar-refractivity contribution in [3.8, 4) is 0 Å². The van der Waals surface area contributed by atoms with Crippen molar-refractivity contribution in [2.24, 2.45) is 0 Å². The lowest BCUT2D eigenvalue weighted by Crippen LogP contribution is -2.55. The third-order valence-corrected chi connectivity index (χ3v) is 5.25. The molecular weight excluding hydrogens is 378 g/mol. The summed E-state index contributed by atoms with van der Waals surface area (Å²) in [4.78, 5) is 24.3. The number of aryl methyl sites for hydroxylation is 1. The standard InChI is InChI=1S/C22H24F2N2O3/c1-15-7-9-17(10-8-15)19(27)26-18-6-4-5-16(13-18)14-25-20(28)22(23,24)21(29)11-2-3-12-21/h4-10,13,29H,2-3,11-12,14H2,1H3,(H,25,28)(H,26,27). The Morgan fingerprint density at radius 2 is 1.76 bits per heavy atom. The summed E-state index contributed by atoms with van der Waals surface area (Å²) >= 11 is 0. The minimum absolute atomic E-state index is 0.0893. The van der Waals surface area contributed by atoms with Crippen LogP contribution < -0.4 is 10.6 Å². The fourth-order valence-corrected chi connectivity index (χ4v) is 3.45. The molecule has 3 rings (SSSR count). The molecule has 1 saturated carbocycles. The van der Waals surface area contributed by atoms with E-state index in [2.05, 4.69) is 10.6 Å². The second kappa shape index (κ2) is 8.29. The number of alkyl halides is 2. The predicted octanol–water partition coefficient (Wildman–Crippen LogP) is 3.80. The van der Waals surface area contributed by atoms with Crippen LogP contribution in [0.15, 0.2) is 48.5 Å². The number of benzene rings is 2. The van der Waals surface area contributed by atoms with E-state index in [0.29, 0.717) is 29.7 Å². The topological polar surface area (TPSA) is 78.4 Å². The van der Waals surface area contributed by atoms with E-state index in [0.717, 1.165) is 5.56 Å². The van der Waals surface area contributed by atoms with E-state index in [9.17, 15) is 23.5 Å². The summed E-state index contributed by atoms with van der Waals surface area (Å²) in [7, 11) is 0. The molecule has 0 bridgehead atoms. The Morgan fingerprint density at radius 1 is 1.10 bits per heavy atom. The van der Waals surface area contributed by atoms with Crippen LogP contribution in [0.1, 0.15) is 47.2 Å². The van der Waals surface area contributed by atoms with E-state index in [1.54, 1.807) is 36.4 Å². The summed E-state index contributed by atoms with van der Waals surface area (Å²) in [6.45, 7) is 1.78. The molecule has 0 aliphatic heterocycles. The number of nitrogens with one attached hydrogen (secondary N) is 2. The van der Waals surface area contributed by atoms with Gasteiger partial charge in [0, 0.05) is 17.8 Å². The van der Waals surface area contributed by atoms with Gasteiger partial charge in [-0.05, 0) is 49.6 Å². The van der Waals surface area contributed by atoms with Crippen LogP contribution in [0.3, 0.4) is 0 Å². The maximum absolute atomic E-state index is 14.4. The molecule has 5 nitrogen and oxygen atoms in total. The molecule has 1 aliphatic rings. The lowest BCUT2D eigenvalue weighted by Gasteiger charge is -2.30. The van der Waals surface area contributed by atoms with Gasteiger partial charge in [-0.2, -0.15) is 8.78 Å². The monoisotopic (exact) mass is 402 g/mol. The Morgan fingerprint density at radius 3 is 2.41 bits per heavy atom. The molecule has 0 radical (unpaired) electrons. The fourth-order valence-electron chi connectivity index (χ4n) is 3.45. The third kappa shape index (κ3) is 4.62. The van der Waals surface area contributed by atoms with E-state index in [-0.39, 0.29) is 25.3 Å². The van der Waals surface area contributed by atoms with Crippen molar-refractivity contribution in [3.63, 3.8) is 0 Å². The number of amides is 2. The Hall–Kier alpha value is -2.80. The summed E-state index contributed by atoms with van der Waals surface area (Å²) in [6.07, 6.45) is 0.770. The number of halogens is 2. The summed E-state index contributed by atoms with van der Waals surface area (Å²) in [5.74, 6) is -5.63. The van der Waals surface area contributed by atoms with Crippen LogP contribution in [0.2, 0.25) is 0 Å². The molecule has 0 spiro atoms. The van der Waals surface area contributed by atoms with Crippen LogP contribution >= 0.6 is 0 Å². The summed E-state index contributed by atoms with van der Waals surface area (Å²) < 4.78 is 28.7. The molecule has 3 N–H and O–H groups in total. The third-order valence-electron chi connectivity index (χ3n) is 5.25.